The van der Waals surface area contributed by atoms with Gasteiger partial charge in [-0.05, 0) is 36.4 Å². The molecule has 1 atom stereocenters. The number of alkyl halides is 2. The Balaban J connectivity index is 0.000000784. The van der Waals surface area contributed by atoms with Crippen molar-refractivity contribution in [2.75, 3.05) is 31.6 Å². The summed E-state index contributed by atoms with van der Waals surface area (Å²) in [5.74, 6) is 4.94. The molecule has 12 heteroatoms. The summed E-state index contributed by atoms with van der Waals surface area (Å²) in [6, 6.07) is 12.4. The molecule has 0 aliphatic carbocycles. The lowest BCUT2D eigenvalue weighted by molar-refractivity contribution is -0.106. The fourth-order valence-corrected chi connectivity index (χ4v) is 3.27. The second kappa shape index (κ2) is 14.5. The predicted molar refractivity (Wildman–Crippen MR) is 136 cm³/mol. The number of aldehydes is 1. The summed E-state index contributed by atoms with van der Waals surface area (Å²) < 4.78 is 20.1. The van der Waals surface area contributed by atoms with Gasteiger partial charge in [-0.1, -0.05) is 47.5 Å². The molecular weight excluding hydrogens is 498 g/mol. The van der Waals surface area contributed by atoms with Gasteiger partial charge in [0.15, 0.2) is 11.1 Å². The van der Waals surface area contributed by atoms with Crippen LogP contribution in [0.3, 0.4) is 0 Å². The number of nitrogens with zero attached hydrogens (tertiary/aromatic N) is 1. The molecule has 1 heterocycles. The first-order chi connectivity index (χ1) is 16.8. The van der Waals surface area contributed by atoms with E-state index in [4.69, 9.17) is 39.5 Å². The van der Waals surface area contributed by atoms with Gasteiger partial charge in [0.05, 0.1) is 17.9 Å². The maximum atomic E-state index is 14.8. The smallest absolute Gasteiger partial charge is 0.414 e. The summed E-state index contributed by atoms with van der Waals surface area (Å²) in [5.41, 5.74) is 11.4. The third-order valence-electron chi connectivity index (χ3n) is 4.97. The molecule has 190 valence electrons. The van der Waals surface area contributed by atoms with Crippen LogP contribution < -0.4 is 32.5 Å². The van der Waals surface area contributed by atoms with Crippen LogP contribution in [0.2, 0.25) is 0 Å². The number of carbonyl (C=O) groups excluding carboxylic acids is 2. The second-order valence-electron chi connectivity index (χ2n) is 7.45. The molecule has 9 nitrogen and oxygen atoms in total. The summed E-state index contributed by atoms with van der Waals surface area (Å²) in [7, 11) is 1.79. The van der Waals surface area contributed by atoms with Gasteiger partial charge in [-0.15, -0.1) is 0 Å². The third kappa shape index (κ3) is 8.68. The second-order valence-corrected chi connectivity index (χ2v) is 8.61. The number of benzene rings is 2. The monoisotopic (exact) mass is 526 g/mol. The van der Waals surface area contributed by atoms with Crippen molar-refractivity contribution in [1.29, 1.82) is 0 Å². The highest BCUT2D eigenvalue weighted by atomic mass is 35.5. The van der Waals surface area contributed by atoms with Crippen molar-refractivity contribution >= 4 is 41.3 Å². The topological polar surface area (TPSA) is 135 Å². The molecule has 35 heavy (non-hydrogen) atoms. The third-order valence-corrected chi connectivity index (χ3v) is 5.17. The van der Waals surface area contributed by atoms with Crippen LogP contribution in [0.5, 0.6) is 0 Å². The zero-order chi connectivity index (χ0) is 25.8. The number of amides is 1. The van der Waals surface area contributed by atoms with Gasteiger partial charge in [0.1, 0.15) is 11.9 Å². The van der Waals surface area contributed by atoms with Crippen LogP contribution in [-0.4, -0.2) is 50.0 Å². The Bertz CT molecular complexity index is 1010. The summed E-state index contributed by atoms with van der Waals surface area (Å²) in [6.07, 6.45) is 1.15. The minimum atomic E-state index is -0.852. The van der Waals surface area contributed by atoms with Crippen molar-refractivity contribution in [3.8, 4) is 11.1 Å². The Morgan fingerprint density at radius 2 is 1.97 bits per heavy atom. The van der Waals surface area contributed by atoms with Gasteiger partial charge in [-0.25, -0.2) is 9.18 Å². The van der Waals surface area contributed by atoms with Crippen molar-refractivity contribution < 1.29 is 18.7 Å². The van der Waals surface area contributed by atoms with E-state index in [-0.39, 0.29) is 6.10 Å². The van der Waals surface area contributed by atoms with Crippen molar-refractivity contribution in [2.45, 2.75) is 17.5 Å². The average molecular weight is 527 g/mol. The highest BCUT2D eigenvalue weighted by Gasteiger charge is 2.32. The van der Waals surface area contributed by atoms with Crippen molar-refractivity contribution in [1.82, 2.24) is 16.1 Å². The van der Waals surface area contributed by atoms with E-state index in [9.17, 15) is 14.0 Å². The van der Waals surface area contributed by atoms with E-state index in [0.29, 0.717) is 49.4 Å². The molecule has 2 aromatic carbocycles. The van der Waals surface area contributed by atoms with Crippen molar-refractivity contribution in [2.24, 2.45) is 11.6 Å². The predicted octanol–water partition coefficient (Wildman–Crippen LogP) is 2.38. The van der Waals surface area contributed by atoms with E-state index in [0.717, 1.165) is 11.1 Å². The normalized spacial score (nSPS) is 15.5. The van der Waals surface area contributed by atoms with E-state index < -0.39 is 16.7 Å². The standard InChI is InChI=1S/C21H27FN6O2.C2H2Cl2O/c1-25-12-18-13-28(21(29)30-18)17-6-7-19(20(22)8-17)15-4-2-14(3-5-15)10-26-11-16(9-23)27-24;3-2(4)1-5/h2-9,18,25-27H,10-13,23-24H2,1H3;1-2H/b16-9-;. The summed E-state index contributed by atoms with van der Waals surface area (Å²) in [5, 5.41) is 6.18. The van der Waals surface area contributed by atoms with E-state index in [1.54, 1.807) is 19.2 Å². The zero-order valence-corrected chi connectivity index (χ0v) is 20.7. The Kier molecular flexibility index (Phi) is 11.7. The fourth-order valence-electron chi connectivity index (χ4n) is 3.27. The Labute approximate surface area is 213 Å². The number of nitrogens with two attached hydrogens (primary N) is 2. The number of carbonyl (C=O) groups is 2. The SMILES string of the molecule is CNCC1CN(c2ccc(-c3ccc(CNC/C(=C/N)NN)cc3)c(F)c2)C(=O)O1.O=CC(Cl)Cl. The highest BCUT2D eigenvalue weighted by molar-refractivity contribution is 6.51. The molecule has 0 aromatic heterocycles. The van der Waals surface area contributed by atoms with Gasteiger partial charge in [-0.3, -0.25) is 10.7 Å². The van der Waals surface area contributed by atoms with Crippen molar-refractivity contribution in [3.05, 3.63) is 65.7 Å². The van der Waals surface area contributed by atoms with Crippen LogP contribution in [0.1, 0.15) is 5.56 Å². The average Bonchev–Trinajstić information content (AvgIpc) is 3.23. The number of hydrogen-bond acceptors (Lipinski definition) is 8. The van der Waals surface area contributed by atoms with Crippen LogP contribution in [0, 0.1) is 5.82 Å². The number of halogens is 3. The molecule has 1 saturated heterocycles. The van der Waals surface area contributed by atoms with E-state index in [1.165, 1.54) is 17.2 Å². The lowest BCUT2D eigenvalue weighted by atomic mass is 10.0. The van der Waals surface area contributed by atoms with Gasteiger partial charge >= 0.3 is 6.09 Å². The number of cyclic esters (lactones) is 1. The molecule has 2 aromatic rings. The molecule has 7 N–H and O–H groups in total. The molecule has 0 bridgehead atoms. The minimum absolute atomic E-state index is 0.247. The lowest BCUT2D eigenvalue weighted by Gasteiger charge is -2.14. The molecule has 0 radical (unpaired) electrons. The molecule has 1 fully saturated rings. The molecule has 1 aliphatic rings. The summed E-state index contributed by atoms with van der Waals surface area (Å²) in [6.45, 7) is 2.07. The largest absolute Gasteiger partial charge is 0.443 e. The van der Waals surface area contributed by atoms with E-state index in [2.05, 4.69) is 16.1 Å². The van der Waals surface area contributed by atoms with Gasteiger partial charge in [0, 0.05) is 31.4 Å². The Morgan fingerprint density at radius 3 is 2.51 bits per heavy atom. The molecule has 3 rings (SSSR count). The van der Waals surface area contributed by atoms with Crippen LogP contribution in [0.4, 0.5) is 14.9 Å². The summed E-state index contributed by atoms with van der Waals surface area (Å²) >= 11 is 9.72. The maximum absolute atomic E-state index is 14.8. The molecule has 0 saturated carbocycles. The first kappa shape index (κ1) is 28.3. The zero-order valence-electron chi connectivity index (χ0n) is 19.1. The summed E-state index contributed by atoms with van der Waals surface area (Å²) in [4.78, 5) is 21.9. The van der Waals surface area contributed by atoms with E-state index >= 15 is 0 Å². The number of rotatable bonds is 10. The Hall–Kier alpha value is -2.89. The quantitative estimate of drug-likeness (QED) is 0.138. The van der Waals surface area contributed by atoms with Gasteiger partial charge in [-0.2, -0.15) is 0 Å². The Morgan fingerprint density at radius 1 is 1.29 bits per heavy atom. The first-order valence-electron chi connectivity index (χ1n) is 10.7. The van der Waals surface area contributed by atoms with E-state index in [1.807, 2.05) is 24.3 Å². The lowest BCUT2D eigenvalue weighted by Crippen LogP contribution is -2.30. The van der Waals surface area contributed by atoms with Gasteiger partial charge < -0.3 is 31.3 Å². The van der Waals surface area contributed by atoms with Crippen LogP contribution in [0.15, 0.2) is 54.4 Å². The van der Waals surface area contributed by atoms with Crippen molar-refractivity contribution in [3.63, 3.8) is 0 Å². The number of hydrogen-bond donors (Lipinski definition) is 5. The van der Waals surface area contributed by atoms with Crippen LogP contribution >= 0.6 is 23.2 Å². The van der Waals surface area contributed by atoms with Gasteiger partial charge in [0.25, 0.3) is 0 Å². The first-order valence-corrected chi connectivity index (χ1v) is 11.5. The number of hydrazine groups is 1. The molecular formula is C23H29Cl2FN6O3. The van der Waals surface area contributed by atoms with Crippen LogP contribution in [-0.2, 0) is 16.1 Å². The molecule has 0 spiro atoms. The maximum Gasteiger partial charge on any atom is 0.414 e. The fraction of sp³-hybridized carbons (Fsp3) is 0.304. The number of likely N-dealkylation sites (N-methyl/N-ethyl adjacent to an activating group) is 1. The molecule has 1 unspecified atom stereocenters. The number of nitrogens with one attached hydrogen (secondary N) is 3. The number of anilines is 1. The molecule has 1 amide bonds. The van der Waals surface area contributed by atoms with Gasteiger partial charge in [0.2, 0.25) is 0 Å². The van der Waals surface area contributed by atoms with Crippen LogP contribution in [0.25, 0.3) is 11.1 Å². The highest BCUT2D eigenvalue weighted by Crippen LogP contribution is 2.29. The minimum Gasteiger partial charge on any atom is -0.443 e. The molecule has 1 aliphatic heterocycles. The number of ether oxygens (including phenoxy) is 1.